The zero-order chi connectivity index (χ0) is 24.9. The molecule has 9 heteroatoms. The Morgan fingerprint density at radius 1 is 1.14 bits per heavy atom. The van der Waals surface area contributed by atoms with E-state index in [4.69, 9.17) is 4.99 Å². The molecule has 2 aliphatic rings. The molecule has 35 heavy (non-hydrogen) atoms. The second kappa shape index (κ2) is 11.4. The fourth-order valence-corrected chi connectivity index (χ4v) is 4.87. The molecule has 0 saturated carbocycles. The predicted molar refractivity (Wildman–Crippen MR) is 151 cm³/mol. The first-order valence-electron chi connectivity index (χ1n) is 12.3. The number of hydrogen-bond acceptors (Lipinski definition) is 7. The molecule has 1 saturated heterocycles. The van der Waals surface area contributed by atoms with Crippen LogP contribution in [0.1, 0.15) is 26.7 Å². The maximum atomic E-state index is 12.9. The number of aliphatic imine (C=N–C) groups is 2. The Bertz CT molecular complexity index is 1100. The molecule has 4 rings (SSSR count). The van der Waals surface area contributed by atoms with Crippen LogP contribution in [0.4, 0.5) is 17.1 Å². The summed E-state index contributed by atoms with van der Waals surface area (Å²) in [6.45, 7) is 7.02. The number of aromatic nitrogens is 1. The summed E-state index contributed by atoms with van der Waals surface area (Å²) in [5.41, 5.74) is 2.66. The number of alkyl halides is 1. The monoisotopic (exact) mass is 541 g/mol. The van der Waals surface area contributed by atoms with E-state index >= 15 is 0 Å². The smallest absolute Gasteiger partial charge is 0.273 e. The van der Waals surface area contributed by atoms with E-state index in [0.717, 1.165) is 18.8 Å². The van der Waals surface area contributed by atoms with Crippen molar-refractivity contribution in [1.29, 1.82) is 0 Å². The highest BCUT2D eigenvalue weighted by Crippen LogP contribution is 2.24. The highest BCUT2D eigenvalue weighted by Gasteiger charge is 2.23. The first kappa shape index (κ1) is 25.4. The number of pyridine rings is 1. The second-order valence-corrected chi connectivity index (χ2v) is 10.9. The van der Waals surface area contributed by atoms with Gasteiger partial charge < -0.3 is 25.0 Å². The zero-order valence-corrected chi connectivity index (χ0v) is 22.6. The van der Waals surface area contributed by atoms with Gasteiger partial charge in [-0.25, -0.2) is 9.98 Å². The molecule has 3 heterocycles. The normalized spacial score (nSPS) is 20.9. The Labute approximate surface area is 216 Å². The first-order valence-corrected chi connectivity index (χ1v) is 13.2. The average Bonchev–Trinajstić information content (AvgIpc) is 2.84. The van der Waals surface area contributed by atoms with Crippen molar-refractivity contribution >= 4 is 45.2 Å². The van der Waals surface area contributed by atoms with Crippen molar-refractivity contribution in [1.82, 2.24) is 9.47 Å². The molecule has 2 aromatic rings. The third-order valence-electron chi connectivity index (χ3n) is 6.47. The van der Waals surface area contributed by atoms with Gasteiger partial charge in [0.1, 0.15) is 11.9 Å². The molecule has 0 amide bonds. The summed E-state index contributed by atoms with van der Waals surface area (Å²) in [4.78, 5) is 26.7. The third-order valence-corrected chi connectivity index (χ3v) is 7.21. The molecule has 2 aliphatic heterocycles. The molecular formula is C26H36BrN7O. The average molecular weight is 543 g/mol. The quantitative estimate of drug-likeness (QED) is 0.516. The topological polar surface area (TPSA) is 77.3 Å². The number of hydrogen-bond donors (Lipinski definition) is 2. The molecule has 0 bridgehead atoms. The minimum atomic E-state index is -0.352. The number of halogens is 1. The predicted octanol–water partition coefficient (Wildman–Crippen LogP) is 4.09. The van der Waals surface area contributed by atoms with Gasteiger partial charge in [-0.15, -0.1) is 0 Å². The highest BCUT2D eigenvalue weighted by molar-refractivity contribution is 9.10. The number of nitrogens with zero attached hydrogens (tertiary/aromatic N) is 5. The number of guanidine groups is 1. The van der Waals surface area contributed by atoms with Crippen LogP contribution in [0.5, 0.6) is 0 Å². The van der Waals surface area contributed by atoms with Gasteiger partial charge in [0, 0.05) is 49.5 Å². The molecule has 0 radical (unpaired) electrons. The summed E-state index contributed by atoms with van der Waals surface area (Å²) in [7, 11) is 4.33. The Morgan fingerprint density at radius 2 is 1.86 bits per heavy atom. The Balaban J connectivity index is 1.40. The zero-order valence-electron chi connectivity index (χ0n) is 21.0. The van der Waals surface area contributed by atoms with Crippen molar-refractivity contribution in [3.63, 3.8) is 0 Å². The molecule has 2 N–H and O–H groups in total. The van der Waals surface area contributed by atoms with Crippen LogP contribution in [0.25, 0.3) is 0 Å². The van der Waals surface area contributed by atoms with Crippen LogP contribution in [0.3, 0.4) is 0 Å². The van der Waals surface area contributed by atoms with Crippen LogP contribution >= 0.6 is 15.9 Å². The third kappa shape index (κ3) is 6.52. The number of rotatable bonds is 7. The number of piperidine rings is 1. The van der Waals surface area contributed by atoms with Gasteiger partial charge in [0.2, 0.25) is 5.96 Å². The summed E-state index contributed by atoms with van der Waals surface area (Å²) < 4.78 is 1.74. The van der Waals surface area contributed by atoms with Gasteiger partial charge in [0.25, 0.3) is 5.56 Å². The molecule has 2 unspecified atom stereocenters. The summed E-state index contributed by atoms with van der Waals surface area (Å²) in [5.74, 6) is 0.898. The van der Waals surface area contributed by atoms with E-state index in [0.29, 0.717) is 30.2 Å². The molecule has 8 nitrogen and oxygen atoms in total. The van der Waals surface area contributed by atoms with Gasteiger partial charge in [-0.05, 0) is 69.3 Å². The molecule has 1 aromatic heterocycles. The highest BCUT2D eigenvalue weighted by atomic mass is 79.9. The van der Waals surface area contributed by atoms with Gasteiger partial charge in [0.05, 0.1) is 4.83 Å². The molecule has 0 spiro atoms. The van der Waals surface area contributed by atoms with Crippen molar-refractivity contribution in [2.75, 3.05) is 42.7 Å². The van der Waals surface area contributed by atoms with E-state index in [1.807, 2.05) is 12.3 Å². The summed E-state index contributed by atoms with van der Waals surface area (Å²) in [6, 6.07) is 12.8. The maximum absolute atomic E-state index is 12.9. The van der Waals surface area contributed by atoms with Gasteiger partial charge in [-0.1, -0.05) is 29.8 Å². The number of anilines is 3. The number of nitrogens with one attached hydrogen (secondary N) is 2. The lowest BCUT2D eigenvalue weighted by molar-refractivity contribution is 0.249. The Hall–Kier alpha value is -2.65. The van der Waals surface area contributed by atoms with E-state index in [9.17, 15) is 4.79 Å². The first-order chi connectivity index (χ1) is 16.8. The molecule has 2 atom stereocenters. The van der Waals surface area contributed by atoms with Crippen molar-refractivity contribution in [3.05, 3.63) is 52.9 Å². The largest absolute Gasteiger partial charge is 0.371 e. The minimum Gasteiger partial charge on any atom is -0.371 e. The van der Waals surface area contributed by atoms with E-state index in [-0.39, 0.29) is 16.6 Å². The van der Waals surface area contributed by atoms with E-state index in [2.05, 4.69) is 93.6 Å². The fraction of sp³-hybridized carbons (Fsp3) is 0.500. The lowest BCUT2D eigenvalue weighted by Crippen LogP contribution is -2.41. The fourth-order valence-electron chi connectivity index (χ4n) is 4.50. The van der Waals surface area contributed by atoms with Crippen LogP contribution in [-0.4, -0.2) is 65.9 Å². The van der Waals surface area contributed by atoms with E-state index in [1.165, 1.54) is 18.5 Å². The Morgan fingerprint density at radius 3 is 2.51 bits per heavy atom. The van der Waals surface area contributed by atoms with Crippen LogP contribution in [0, 0.1) is 5.92 Å². The van der Waals surface area contributed by atoms with Gasteiger partial charge in [-0.2, -0.15) is 0 Å². The lowest BCUT2D eigenvalue weighted by atomic mass is 10.0. The minimum absolute atomic E-state index is 0.0432. The van der Waals surface area contributed by atoms with Crippen molar-refractivity contribution in [2.45, 2.75) is 50.3 Å². The van der Waals surface area contributed by atoms with Gasteiger partial charge in [0.15, 0.2) is 0 Å². The second-order valence-electron chi connectivity index (χ2n) is 9.89. The van der Waals surface area contributed by atoms with Crippen LogP contribution < -0.4 is 21.1 Å². The van der Waals surface area contributed by atoms with Gasteiger partial charge in [-0.3, -0.25) is 4.79 Å². The lowest BCUT2D eigenvalue weighted by Gasteiger charge is -2.36. The standard InChI is InChI=1S/C26H36BrN7O/c1-18(2)17-34-13-5-6-23(25(34)35)30-24-22(27)16-28-26(31-24)29-19-7-9-21(10-8-19)33-14-11-20(12-15-33)32(3)4/h5-10,13,16,18,20,22,24,30H,11-12,14-15,17H2,1-4H3,(H,29,31). The van der Waals surface area contributed by atoms with Crippen molar-refractivity contribution in [2.24, 2.45) is 15.9 Å². The summed E-state index contributed by atoms with van der Waals surface area (Å²) in [6.07, 6.45) is 5.64. The summed E-state index contributed by atoms with van der Waals surface area (Å²) >= 11 is 3.61. The maximum Gasteiger partial charge on any atom is 0.273 e. The van der Waals surface area contributed by atoms with E-state index in [1.54, 1.807) is 16.8 Å². The van der Waals surface area contributed by atoms with Crippen LogP contribution in [-0.2, 0) is 6.54 Å². The molecule has 0 aliphatic carbocycles. The molecule has 188 valence electrons. The molecule has 1 aromatic carbocycles. The van der Waals surface area contributed by atoms with Crippen molar-refractivity contribution in [3.8, 4) is 0 Å². The van der Waals surface area contributed by atoms with Gasteiger partial charge >= 0.3 is 0 Å². The summed E-state index contributed by atoms with van der Waals surface area (Å²) in [5, 5.41) is 6.59. The van der Waals surface area contributed by atoms with Crippen LogP contribution in [0.2, 0.25) is 0 Å². The molecular weight excluding hydrogens is 506 g/mol. The van der Waals surface area contributed by atoms with E-state index < -0.39 is 0 Å². The molecule has 1 fully saturated rings. The van der Waals surface area contributed by atoms with Crippen LogP contribution in [0.15, 0.2) is 57.4 Å². The SMILES string of the molecule is CC(C)Cn1cccc(NC2N=C(Nc3ccc(N4CCC(N(C)C)CC4)cc3)N=CC2Br)c1=O. The Kier molecular flexibility index (Phi) is 8.28. The number of benzene rings is 1. The van der Waals surface area contributed by atoms with Crippen molar-refractivity contribution < 1.29 is 0 Å².